The number of allylic oxidation sites excluding steroid dienone is 8. The maximum Gasteiger partial charge on any atom is 0.0156 e. The molecule has 236 valence electrons. The Morgan fingerprint density at radius 2 is 1.53 bits per heavy atom. The molecule has 0 spiro atoms. The number of nitrogens with one attached hydrogen (secondary N) is 2. The van der Waals surface area contributed by atoms with Crippen molar-refractivity contribution in [1.82, 2.24) is 15.5 Å². The number of aryl methyl sites for hydroxylation is 1. The van der Waals surface area contributed by atoms with Crippen molar-refractivity contribution >= 4 is 0 Å². The summed E-state index contributed by atoms with van der Waals surface area (Å²) in [6.45, 7) is 20.9. The van der Waals surface area contributed by atoms with Crippen molar-refractivity contribution < 1.29 is 0 Å². The maximum absolute atomic E-state index is 4.11. The van der Waals surface area contributed by atoms with Gasteiger partial charge < -0.3 is 15.5 Å². The number of nitrogens with zero attached hydrogens (tertiary/aromatic N) is 1. The van der Waals surface area contributed by atoms with E-state index in [1.807, 2.05) is 45.2 Å². The van der Waals surface area contributed by atoms with Crippen LogP contribution >= 0.6 is 0 Å². The van der Waals surface area contributed by atoms with E-state index < -0.39 is 0 Å². The molecule has 3 heteroatoms. The van der Waals surface area contributed by atoms with E-state index >= 15 is 0 Å². The van der Waals surface area contributed by atoms with Crippen LogP contribution in [0.25, 0.3) is 0 Å². The third-order valence-corrected chi connectivity index (χ3v) is 7.50. The Hall–Kier alpha value is -3.30. The molecule has 1 aliphatic carbocycles. The third kappa shape index (κ3) is 22.0. The van der Waals surface area contributed by atoms with Crippen molar-refractivity contribution in [2.24, 2.45) is 5.92 Å². The summed E-state index contributed by atoms with van der Waals surface area (Å²) >= 11 is 0. The van der Waals surface area contributed by atoms with E-state index in [0.29, 0.717) is 0 Å². The number of hydrogen-bond donors (Lipinski definition) is 2. The van der Waals surface area contributed by atoms with Gasteiger partial charge in [0.25, 0.3) is 0 Å². The first-order valence-electron chi connectivity index (χ1n) is 16.4. The molecule has 1 saturated carbocycles. The Bertz CT molecular complexity index is 1060. The van der Waals surface area contributed by atoms with Crippen LogP contribution in [0.5, 0.6) is 0 Å². The summed E-state index contributed by atoms with van der Waals surface area (Å²) in [7, 11) is 1.92. The summed E-state index contributed by atoms with van der Waals surface area (Å²) in [5, 5.41) is 6.50. The molecule has 2 fully saturated rings. The number of benzene rings is 2. The van der Waals surface area contributed by atoms with Crippen molar-refractivity contribution in [2.45, 2.75) is 79.1 Å². The molecule has 2 aromatic rings. The fourth-order valence-electron chi connectivity index (χ4n) is 4.23. The summed E-state index contributed by atoms with van der Waals surface area (Å²) in [5.41, 5.74) is 6.32. The lowest BCUT2D eigenvalue weighted by atomic mass is 10.1. The van der Waals surface area contributed by atoms with Gasteiger partial charge in [0.05, 0.1) is 0 Å². The van der Waals surface area contributed by atoms with E-state index in [9.17, 15) is 0 Å². The molecular formula is C40H61N3. The summed E-state index contributed by atoms with van der Waals surface area (Å²) < 4.78 is 0. The van der Waals surface area contributed by atoms with E-state index in [2.05, 4.69) is 109 Å². The fraction of sp³-hybridized carbons (Fsp3) is 0.450. The highest BCUT2D eigenvalue weighted by Gasteiger charge is 2.15. The first kappa shape index (κ1) is 37.7. The van der Waals surface area contributed by atoms with Gasteiger partial charge in [-0.25, -0.2) is 0 Å². The van der Waals surface area contributed by atoms with Crippen LogP contribution in [0.2, 0.25) is 0 Å². The van der Waals surface area contributed by atoms with E-state index in [-0.39, 0.29) is 0 Å². The summed E-state index contributed by atoms with van der Waals surface area (Å²) in [6, 6.07) is 21.0. The van der Waals surface area contributed by atoms with Gasteiger partial charge in [-0.1, -0.05) is 110 Å². The highest BCUT2D eigenvalue weighted by Crippen LogP contribution is 2.29. The lowest BCUT2D eigenvalue weighted by molar-refractivity contribution is 0.226. The van der Waals surface area contributed by atoms with E-state index in [1.165, 1.54) is 80.6 Å². The van der Waals surface area contributed by atoms with Gasteiger partial charge in [-0.2, -0.15) is 0 Å². The smallest absolute Gasteiger partial charge is 0.0156 e. The van der Waals surface area contributed by atoms with Crippen LogP contribution in [0.3, 0.4) is 0 Å². The highest BCUT2D eigenvalue weighted by molar-refractivity contribution is 5.21. The standard InChI is InChI=1S/C17H26N2.C10H17N.C8H10.C5H8/c1-16(15-17-9-4-2-5-10-17)18-11-8-14-19-12-6-3-7-13-19;1-5-9(2)7-6-8-10(3)11-4;1-2-8-6-4-3-5-7-8;1-2-5-3-4-5/h2,4-5,9-10,18H,1,3,6-8,11-15H2;5-8,11H,1-4H3;3-7H,2H2,1H3;2,5H,1,3-4H2/b;7-6-,9-5-,10-8+;;. The molecule has 2 N–H and O–H groups in total. The van der Waals surface area contributed by atoms with Crippen molar-refractivity contribution in [3.63, 3.8) is 0 Å². The molecule has 0 amide bonds. The SMILES string of the molecule is C=C(Cc1ccccc1)NCCCN1CCCCC1.C=CC1CC1.CCc1ccccc1.C\C=C(C)/C=C\C=C(/C)NC. The summed E-state index contributed by atoms with van der Waals surface area (Å²) in [5.74, 6) is 0.898. The van der Waals surface area contributed by atoms with Crippen LogP contribution in [0, 0.1) is 5.92 Å². The topological polar surface area (TPSA) is 27.3 Å². The number of rotatable bonds is 12. The molecule has 0 atom stereocenters. The first-order valence-corrected chi connectivity index (χ1v) is 16.4. The second kappa shape index (κ2) is 25.2. The number of likely N-dealkylation sites (tertiary alicyclic amines) is 1. The van der Waals surface area contributed by atoms with Crippen molar-refractivity contribution in [1.29, 1.82) is 0 Å². The van der Waals surface area contributed by atoms with Crippen molar-refractivity contribution in [3.8, 4) is 0 Å². The van der Waals surface area contributed by atoms with Gasteiger partial charge in [-0.15, -0.1) is 6.58 Å². The minimum atomic E-state index is 0.898. The Morgan fingerprint density at radius 3 is 2.00 bits per heavy atom. The molecule has 0 radical (unpaired) electrons. The summed E-state index contributed by atoms with van der Waals surface area (Å²) in [6.07, 6.45) is 20.5. The predicted octanol–water partition coefficient (Wildman–Crippen LogP) is 9.67. The number of piperidine rings is 1. The number of hydrogen-bond acceptors (Lipinski definition) is 3. The van der Waals surface area contributed by atoms with Gasteiger partial charge in [0.15, 0.2) is 0 Å². The Morgan fingerprint density at radius 1 is 0.930 bits per heavy atom. The maximum atomic E-state index is 4.11. The molecule has 1 aliphatic heterocycles. The van der Waals surface area contributed by atoms with Crippen LogP contribution in [-0.4, -0.2) is 38.1 Å². The molecule has 2 aliphatic rings. The minimum Gasteiger partial charge on any atom is -0.392 e. The van der Waals surface area contributed by atoms with Gasteiger partial charge >= 0.3 is 0 Å². The lowest BCUT2D eigenvalue weighted by Crippen LogP contribution is -2.32. The second-order valence-electron chi connectivity index (χ2n) is 11.4. The van der Waals surface area contributed by atoms with E-state index in [0.717, 1.165) is 31.0 Å². The van der Waals surface area contributed by atoms with E-state index in [4.69, 9.17) is 0 Å². The summed E-state index contributed by atoms with van der Waals surface area (Å²) in [4.78, 5) is 2.59. The van der Waals surface area contributed by atoms with E-state index in [1.54, 1.807) is 0 Å². The zero-order chi connectivity index (χ0) is 31.5. The van der Waals surface area contributed by atoms with Crippen LogP contribution in [0.4, 0.5) is 0 Å². The molecule has 1 heterocycles. The molecule has 1 saturated heterocycles. The van der Waals surface area contributed by atoms with Crippen LogP contribution < -0.4 is 10.6 Å². The quantitative estimate of drug-likeness (QED) is 0.148. The molecule has 0 aromatic heterocycles. The minimum absolute atomic E-state index is 0.898. The predicted molar refractivity (Wildman–Crippen MR) is 192 cm³/mol. The normalized spacial score (nSPS) is 15.1. The van der Waals surface area contributed by atoms with Crippen LogP contribution in [-0.2, 0) is 12.8 Å². The van der Waals surface area contributed by atoms with Gasteiger partial charge in [0, 0.05) is 31.4 Å². The lowest BCUT2D eigenvalue weighted by Gasteiger charge is -2.26. The Labute approximate surface area is 265 Å². The highest BCUT2D eigenvalue weighted by atomic mass is 15.1. The van der Waals surface area contributed by atoms with Gasteiger partial charge in [-0.05, 0) is 102 Å². The molecule has 3 nitrogen and oxygen atoms in total. The van der Waals surface area contributed by atoms with Crippen LogP contribution in [0.15, 0.2) is 121 Å². The molecule has 43 heavy (non-hydrogen) atoms. The average Bonchev–Trinajstić information content (AvgIpc) is 3.90. The second-order valence-corrected chi connectivity index (χ2v) is 11.4. The van der Waals surface area contributed by atoms with Gasteiger partial charge in [0.1, 0.15) is 0 Å². The molecule has 4 rings (SSSR count). The monoisotopic (exact) mass is 583 g/mol. The molecule has 0 unspecified atom stereocenters. The van der Waals surface area contributed by atoms with Crippen molar-refractivity contribution in [2.75, 3.05) is 33.2 Å². The van der Waals surface area contributed by atoms with Gasteiger partial charge in [0.2, 0.25) is 0 Å². The first-order chi connectivity index (χ1) is 20.9. The molecule has 2 aromatic carbocycles. The Kier molecular flexibility index (Phi) is 22.1. The van der Waals surface area contributed by atoms with Crippen LogP contribution in [0.1, 0.15) is 77.3 Å². The average molecular weight is 584 g/mol. The fourth-order valence-corrected chi connectivity index (χ4v) is 4.23. The molecule has 0 bridgehead atoms. The zero-order valence-corrected chi connectivity index (χ0v) is 28.1. The third-order valence-electron chi connectivity index (χ3n) is 7.50. The zero-order valence-electron chi connectivity index (χ0n) is 28.1. The molecular weight excluding hydrogens is 522 g/mol. The van der Waals surface area contributed by atoms with Gasteiger partial charge in [-0.3, -0.25) is 0 Å². The van der Waals surface area contributed by atoms with Crippen molar-refractivity contribution in [3.05, 3.63) is 132 Å². The Balaban J connectivity index is 0.000000324. The largest absolute Gasteiger partial charge is 0.392 e.